The van der Waals surface area contributed by atoms with Crippen molar-refractivity contribution in [2.24, 2.45) is 34.0 Å². The van der Waals surface area contributed by atoms with E-state index in [9.17, 15) is 24.6 Å². The van der Waals surface area contributed by atoms with Crippen molar-refractivity contribution in [3.8, 4) is 0 Å². The number of esters is 1. The van der Waals surface area contributed by atoms with Gasteiger partial charge in [0.25, 0.3) is 0 Å². The van der Waals surface area contributed by atoms with Gasteiger partial charge in [0.1, 0.15) is 5.60 Å². The number of carbonyl (C=O) groups is 3. The molecule has 0 amide bonds. The quantitative estimate of drug-likeness (QED) is 0.476. The molecule has 8 unspecified atom stereocenters. The maximum atomic E-state index is 13.7. The number of aliphatic hydroxyl groups excluding tert-OH is 2. The third-order valence-electron chi connectivity index (χ3n) is 9.75. The Bertz CT molecular complexity index is 1100. The largest absolute Gasteiger partial charge is 0.504 e. The monoisotopic (exact) mass is 440 g/mol. The minimum atomic E-state index is -1.23. The Morgan fingerprint density at radius 1 is 1.12 bits per heavy atom. The molecule has 0 aromatic heterocycles. The molecule has 8 atom stereocenters. The third-order valence-corrected chi connectivity index (χ3v) is 9.75. The average molecular weight is 440 g/mol. The number of hydrogen-bond donors (Lipinski definition) is 2. The number of rotatable bonds is 1. The second-order valence-corrected chi connectivity index (χ2v) is 11.3. The molecule has 6 aliphatic rings. The summed E-state index contributed by atoms with van der Waals surface area (Å²) in [6.45, 7) is 7.62. The highest BCUT2D eigenvalue weighted by molar-refractivity contribution is 6.05. The van der Waals surface area contributed by atoms with Gasteiger partial charge in [0, 0.05) is 22.3 Å². The van der Waals surface area contributed by atoms with E-state index in [0.717, 1.165) is 6.42 Å². The highest BCUT2D eigenvalue weighted by Crippen LogP contribution is 2.76. The van der Waals surface area contributed by atoms with Crippen molar-refractivity contribution in [1.82, 2.24) is 0 Å². The number of fused-ring (bicyclic) bond motifs is 3. The van der Waals surface area contributed by atoms with Gasteiger partial charge in [-0.15, -0.1) is 0 Å². The Labute approximate surface area is 186 Å². The van der Waals surface area contributed by atoms with Crippen LogP contribution in [0, 0.1) is 34.0 Å². The van der Waals surface area contributed by atoms with Crippen molar-refractivity contribution < 1.29 is 34.1 Å². The molecule has 4 aliphatic carbocycles. The Kier molecular flexibility index (Phi) is 3.58. The number of carbonyl (C=O) groups excluding carboxylic acids is 3. The van der Waals surface area contributed by atoms with E-state index in [1.54, 1.807) is 19.9 Å². The first-order chi connectivity index (χ1) is 14.9. The summed E-state index contributed by atoms with van der Waals surface area (Å²) < 4.78 is 11.2. The van der Waals surface area contributed by atoms with E-state index in [0.29, 0.717) is 24.0 Å². The van der Waals surface area contributed by atoms with Crippen molar-refractivity contribution >= 4 is 17.5 Å². The molecule has 32 heavy (non-hydrogen) atoms. The van der Waals surface area contributed by atoms with Crippen molar-refractivity contribution in [3.05, 3.63) is 35.1 Å². The van der Waals surface area contributed by atoms with E-state index in [4.69, 9.17) is 9.47 Å². The normalized spacial score (nSPS) is 50.3. The first-order valence-corrected chi connectivity index (χ1v) is 11.4. The number of ether oxygens (including phenoxy) is 2. The van der Waals surface area contributed by atoms with Gasteiger partial charge in [0.2, 0.25) is 12.1 Å². The lowest BCUT2D eigenvalue weighted by atomic mass is 9.44. The lowest BCUT2D eigenvalue weighted by molar-refractivity contribution is -0.153. The first kappa shape index (κ1) is 20.4. The maximum Gasteiger partial charge on any atom is 0.336 e. The molecule has 0 radical (unpaired) electrons. The van der Waals surface area contributed by atoms with Crippen molar-refractivity contribution in [2.75, 3.05) is 0 Å². The summed E-state index contributed by atoms with van der Waals surface area (Å²) in [6, 6.07) is 0. The summed E-state index contributed by atoms with van der Waals surface area (Å²) in [5.74, 6) is -2.13. The lowest BCUT2D eigenvalue weighted by Crippen LogP contribution is -2.61. The maximum absolute atomic E-state index is 13.7. The molecule has 1 spiro atoms. The molecule has 0 bridgehead atoms. The fourth-order valence-corrected chi connectivity index (χ4v) is 8.25. The number of cyclic esters (lactones) is 1. The van der Waals surface area contributed by atoms with Crippen molar-refractivity contribution in [1.29, 1.82) is 0 Å². The van der Waals surface area contributed by atoms with E-state index in [1.807, 2.05) is 13.0 Å². The number of aliphatic hydroxyl groups is 2. The molecule has 7 nitrogen and oxygen atoms in total. The molecule has 2 heterocycles. The summed E-state index contributed by atoms with van der Waals surface area (Å²) in [7, 11) is 0. The molecule has 170 valence electrons. The van der Waals surface area contributed by atoms with Crippen LogP contribution in [0.15, 0.2) is 35.1 Å². The smallest absolute Gasteiger partial charge is 0.336 e. The number of allylic oxidation sites excluding steroid dienone is 4. The fraction of sp³-hybridized carbons (Fsp3) is 0.640. The van der Waals surface area contributed by atoms with Crippen LogP contribution in [0.3, 0.4) is 0 Å². The minimum absolute atomic E-state index is 0.114. The van der Waals surface area contributed by atoms with Crippen LogP contribution in [0.25, 0.3) is 0 Å². The fourth-order valence-electron chi connectivity index (χ4n) is 8.25. The lowest BCUT2D eigenvalue weighted by Gasteiger charge is -2.57. The van der Waals surface area contributed by atoms with Gasteiger partial charge >= 0.3 is 5.97 Å². The van der Waals surface area contributed by atoms with Gasteiger partial charge < -0.3 is 19.7 Å². The van der Waals surface area contributed by atoms with Crippen LogP contribution >= 0.6 is 0 Å². The van der Waals surface area contributed by atoms with Crippen LogP contribution in [0.1, 0.15) is 47.0 Å². The number of hydrogen-bond acceptors (Lipinski definition) is 7. The molecule has 0 aromatic rings. The molecule has 0 aromatic carbocycles. The zero-order valence-electron chi connectivity index (χ0n) is 18.7. The second kappa shape index (κ2) is 5.62. The highest BCUT2D eigenvalue weighted by Gasteiger charge is 2.83. The Hall–Kier alpha value is -2.25. The Morgan fingerprint density at radius 3 is 2.50 bits per heavy atom. The predicted molar refractivity (Wildman–Crippen MR) is 111 cm³/mol. The van der Waals surface area contributed by atoms with E-state index < -0.39 is 40.0 Å². The van der Waals surface area contributed by atoms with Crippen LogP contribution in [-0.4, -0.2) is 45.7 Å². The molecule has 2 N–H and O–H groups in total. The standard InChI is InChI=1S/C25H28O7/c1-22(2)14(26)6-7-23(3)12-5-8-24(4)13(11-9-16(27)31-21(11)30)10-15-25(24,32-15)17(12)18(28)19(29)20(22)23/h6-7,9,12-13,15-17,27,29H,5,8,10H2,1-4H3. The minimum Gasteiger partial charge on any atom is -0.504 e. The van der Waals surface area contributed by atoms with Crippen LogP contribution in [0.4, 0.5) is 0 Å². The predicted octanol–water partition coefficient (Wildman–Crippen LogP) is 2.54. The molecule has 1 saturated heterocycles. The number of Topliss-reactive ketones (excluding diaryl/α,β-unsaturated/α-hetero) is 1. The van der Waals surface area contributed by atoms with E-state index in [2.05, 4.69) is 6.92 Å². The average Bonchev–Trinajstić information content (AvgIpc) is 3.23. The summed E-state index contributed by atoms with van der Waals surface area (Å²) >= 11 is 0. The molecular formula is C25H28O7. The third kappa shape index (κ3) is 2.00. The molecule has 3 fully saturated rings. The first-order valence-electron chi connectivity index (χ1n) is 11.4. The van der Waals surface area contributed by atoms with Gasteiger partial charge in [-0.05, 0) is 56.8 Å². The van der Waals surface area contributed by atoms with E-state index >= 15 is 0 Å². The Balaban J connectivity index is 1.49. The van der Waals surface area contributed by atoms with Gasteiger partial charge in [-0.1, -0.05) is 19.9 Å². The highest BCUT2D eigenvalue weighted by atomic mass is 16.6. The summed E-state index contributed by atoms with van der Waals surface area (Å²) in [6.07, 6.45) is 5.52. The van der Waals surface area contributed by atoms with Gasteiger partial charge in [-0.2, -0.15) is 0 Å². The number of ketones is 2. The van der Waals surface area contributed by atoms with Gasteiger partial charge in [0.05, 0.1) is 17.4 Å². The zero-order valence-corrected chi connectivity index (χ0v) is 18.7. The summed E-state index contributed by atoms with van der Waals surface area (Å²) in [5.41, 5.74) is -1.88. The zero-order chi connectivity index (χ0) is 23.0. The Morgan fingerprint density at radius 2 is 1.84 bits per heavy atom. The van der Waals surface area contributed by atoms with Crippen LogP contribution in [-0.2, 0) is 23.9 Å². The van der Waals surface area contributed by atoms with Crippen molar-refractivity contribution in [2.45, 2.75) is 65.0 Å². The topological polar surface area (TPSA) is 113 Å². The van der Waals surface area contributed by atoms with Crippen LogP contribution in [0.5, 0.6) is 0 Å². The number of epoxide rings is 1. The molecule has 6 rings (SSSR count). The molecular weight excluding hydrogens is 412 g/mol. The van der Waals surface area contributed by atoms with Gasteiger partial charge in [0.15, 0.2) is 11.5 Å². The van der Waals surface area contributed by atoms with Crippen molar-refractivity contribution in [3.63, 3.8) is 0 Å². The van der Waals surface area contributed by atoms with E-state index in [-0.39, 0.29) is 35.3 Å². The molecule has 2 saturated carbocycles. The van der Waals surface area contributed by atoms with Gasteiger partial charge in [-0.25, -0.2) is 4.79 Å². The summed E-state index contributed by atoms with van der Waals surface area (Å²) in [5, 5.41) is 21.0. The summed E-state index contributed by atoms with van der Waals surface area (Å²) in [4.78, 5) is 38.8. The second-order valence-electron chi connectivity index (χ2n) is 11.3. The van der Waals surface area contributed by atoms with Crippen LogP contribution < -0.4 is 0 Å². The van der Waals surface area contributed by atoms with Gasteiger partial charge in [-0.3, -0.25) is 9.59 Å². The van der Waals surface area contributed by atoms with Crippen LogP contribution in [0.2, 0.25) is 0 Å². The molecule has 2 aliphatic heterocycles. The van der Waals surface area contributed by atoms with E-state index in [1.165, 1.54) is 6.08 Å². The molecule has 7 heteroatoms. The SMILES string of the molecule is CC1(C)C(=O)C=CC2(C)C1=C(O)C(=O)C1C2CCC2(C)C(C3=CC(O)OC3=O)CC3OC312.